The predicted molar refractivity (Wildman–Crippen MR) is 95.2 cm³/mol. The summed E-state index contributed by atoms with van der Waals surface area (Å²) in [5, 5.41) is 0.675. The van der Waals surface area contributed by atoms with Crippen molar-refractivity contribution in [1.82, 2.24) is 4.98 Å². The minimum absolute atomic E-state index is 0.0337. The Bertz CT molecular complexity index is 945. The molecule has 3 aromatic rings. The molecule has 0 radical (unpaired) electrons. The molecule has 0 atom stereocenters. The Morgan fingerprint density at radius 2 is 1.78 bits per heavy atom. The van der Waals surface area contributed by atoms with E-state index in [0.717, 1.165) is 12.1 Å². The number of nitrogens with one attached hydrogen (secondary N) is 1. The number of methoxy groups -OCH3 is 1. The Hall–Kier alpha value is -2.83. The lowest BCUT2D eigenvalue weighted by Gasteiger charge is -2.12. The molecule has 27 heavy (non-hydrogen) atoms. The molecule has 0 saturated heterocycles. The van der Waals surface area contributed by atoms with E-state index < -0.39 is 23.5 Å². The third-order valence-electron chi connectivity index (χ3n) is 3.86. The number of benzene rings is 2. The van der Waals surface area contributed by atoms with E-state index in [4.69, 9.17) is 0 Å². The van der Waals surface area contributed by atoms with E-state index in [1.165, 1.54) is 7.11 Å². The van der Waals surface area contributed by atoms with Gasteiger partial charge in [0.05, 0.1) is 18.2 Å². The number of H-pyrrole nitrogens is 1. The van der Waals surface area contributed by atoms with Crippen LogP contribution in [0, 0.1) is 5.82 Å². The van der Waals surface area contributed by atoms with Crippen molar-refractivity contribution in [1.29, 1.82) is 0 Å². The molecule has 1 aromatic heterocycles. The van der Waals surface area contributed by atoms with Gasteiger partial charge in [-0.3, -0.25) is 0 Å². The van der Waals surface area contributed by atoms with Gasteiger partial charge in [0.15, 0.2) is 0 Å². The maximum Gasteiger partial charge on any atom is 0.416 e. The van der Waals surface area contributed by atoms with Crippen molar-refractivity contribution in [2.45, 2.75) is 26.4 Å². The standard InChI is InChI=1S/C18H13F4NO2.C2H6/c1-25-17(24)11-3-5-16-12(6-11)8-14(23-16)7-10-2-4-13(19)9-15(10)18(20,21)22;1-2/h2-6,8-9,23H,7H2,1H3;1-2H3. The van der Waals surface area contributed by atoms with Crippen LogP contribution in [-0.4, -0.2) is 18.1 Å². The SMILES string of the molecule is CC.COC(=O)c1ccc2[nH]c(Cc3ccc(F)cc3C(F)(F)F)cc2c1. The van der Waals surface area contributed by atoms with E-state index in [-0.39, 0.29) is 12.0 Å². The minimum atomic E-state index is -4.64. The molecular weight excluding hydrogens is 362 g/mol. The number of hydrogen-bond donors (Lipinski definition) is 1. The van der Waals surface area contributed by atoms with E-state index in [2.05, 4.69) is 9.72 Å². The molecule has 0 unspecified atom stereocenters. The van der Waals surface area contributed by atoms with Crippen molar-refractivity contribution in [2.24, 2.45) is 0 Å². The van der Waals surface area contributed by atoms with E-state index in [0.29, 0.717) is 28.2 Å². The third-order valence-corrected chi connectivity index (χ3v) is 3.86. The van der Waals surface area contributed by atoms with Gasteiger partial charge in [0.1, 0.15) is 5.82 Å². The molecule has 7 heteroatoms. The molecule has 3 nitrogen and oxygen atoms in total. The summed E-state index contributed by atoms with van der Waals surface area (Å²) in [5.74, 6) is -1.43. The van der Waals surface area contributed by atoms with Crippen LogP contribution in [0.25, 0.3) is 10.9 Å². The fraction of sp³-hybridized carbons (Fsp3) is 0.250. The van der Waals surface area contributed by atoms with Crippen LogP contribution in [0.3, 0.4) is 0 Å². The van der Waals surface area contributed by atoms with Crippen LogP contribution in [0.15, 0.2) is 42.5 Å². The van der Waals surface area contributed by atoms with E-state index >= 15 is 0 Å². The third kappa shape index (κ3) is 4.67. The highest BCUT2D eigenvalue weighted by Crippen LogP contribution is 2.33. The van der Waals surface area contributed by atoms with Gasteiger partial charge < -0.3 is 9.72 Å². The van der Waals surface area contributed by atoms with Crippen LogP contribution in [0.2, 0.25) is 0 Å². The topological polar surface area (TPSA) is 42.1 Å². The minimum Gasteiger partial charge on any atom is -0.465 e. The second kappa shape index (κ2) is 8.24. The number of ether oxygens (including phenoxy) is 1. The van der Waals surface area contributed by atoms with Crippen molar-refractivity contribution in [3.8, 4) is 0 Å². The Morgan fingerprint density at radius 1 is 1.07 bits per heavy atom. The Kier molecular flexibility index (Phi) is 6.25. The van der Waals surface area contributed by atoms with Crippen molar-refractivity contribution in [3.63, 3.8) is 0 Å². The van der Waals surface area contributed by atoms with Crippen LogP contribution in [0.1, 0.15) is 41.0 Å². The zero-order chi connectivity index (χ0) is 20.2. The number of esters is 1. The summed E-state index contributed by atoms with van der Waals surface area (Å²) < 4.78 is 57.1. The van der Waals surface area contributed by atoms with Gasteiger partial charge in [-0.15, -0.1) is 0 Å². The molecule has 0 fully saturated rings. The van der Waals surface area contributed by atoms with Gasteiger partial charge in [-0.2, -0.15) is 13.2 Å². The first kappa shape index (κ1) is 20.5. The molecule has 0 amide bonds. The number of carbonyl (C=O) groups excluding carboxylic acids is 1. The molecule has 0 saturated carbocycles. The number of rotatable bonds is 3. The van der Waals surface area contributed by atoms with Crippen LogP contribution >= 0.6 is 0 Å². The second-order valence-corrected chi connectivity index (χ2v) is 5.56. The van der Waals surface area contributed by atoms with Gasteiger partial charge in [0, 0.05) is 23.0 Å². The Labute approximate surface area is 154 Å². The zero-order valence-corrected chi connectivity index (χ0v) is 15.1. The first-order valence-corrected chi connectivity index (χ1v) is 8.33. The van der Waals surface area contributed by atoms with Gasteiger partial charge in [-0.1, -0.05) is 19.9 Å². The monoisotopic (exact) mass is 381 g/mol. The van der Waals surface area contributed by atoms with E-state index in [9.17, 15) is 22.4 Å². The maximum absolute atomic E-state index is 13.2. The molecule has 144 valence electrons. The summed E-state index contributed by atoms with van der Waals surface area (Å²) in [6.45, 7) is 4.00. The molecule has 3 rings (SSSR count). The van der Waals surface area contributed by atoms with Gasteiger partial charge >= 0.3 is 12.1 Å². The first-order chi connectivity index (χ1) is 12.8. The van der Waals surface area contributed by atoms with Gasteiger partial charge in [-0.05, 0) is 42.0 Å². The summed E-state index contributed by atoms with van der Waals surface area (Å²) in [6, 6.07) is 9.09. The summed E-state index contributed by atoms with van der Waals surface area (Å²) in [7, 11) is 1.27. The summed E-state index contributed by atoms with van der Waals surface area (Å²) in [5.41, 5.74) is 0.515. The van der Waals surface area contributed by atoms with Crippen molar-refractivity contribution >= 4 is 16.9 Å². The second-order valence-electron chi connectivity index (χ2n) is 5.56. The van der Waals surface area contributed by atoms with E-state index in [1.54, 1.807) is 24.3 Å². The van der Waals surface area contributed by atoms with Gasteiger partial charge in [-0.25, -0.2) is 9.18 Å². The number of aromatic nitrogens is 1. The lowest BCUT2D eigenvalue weighted by atomic mass is 10.0. The number of fused-ring (bicyclic) bond motifs is 1. The normalized spacial score (nSPS) is 11.1. The van der Waals surface area contributed by atoms with Gasteiger partial charge in [0.25, 0.3) is 0 Å². The van der Waals surface area contributed by atoms with Crippen molar-refractivity contribution < 1.29 is 27.1 Å². The average Bonchev–Trinajstić information content (AvgIpc) is 3.04. The summed E-state index contributed by atoms with van der Waals surface area (Å²) >= 11 is 0. The Balaban J connectivity index is 0.00000126. The summed E-state index contributed by atoms with van der Waals surface area (Å²) in [4.78, 5) is 14.6. The predicted octanol–water partition coefficient (Wildman–Crippen LogP) is 5.73. The van der Waals surface area contributed by atoms with Crippen LogP contribution in [-0.2, 0) is 17.3 Å². The molecule has 1 N–H and O–H groups in total. The van der Waals surface area contributed by atoms with Crippen molar-refractivity contribution in [2.75, 3.05) is 7.11 Å². The summed E-state index contributed by atoms with van der Waals surface area (Å²) in [6.07, 6.45) is -4.68. The Morgan fingerprint density at radius 3 is 2.41 bits per heavy atom. The number of alkyl halides is 3. The smallest absolute Gasteiger partial charge is 0.416 e. The molecule has 0 aliphatic carbocycles. The molecule has 0 aliphatic rings. The molecule has 1 heterocycles. The molecule has 0 bridgehead atoms. The van der Waals surface area contributed by atoms with Crippen molar-refractivity contribution in [3.05, 3.63) is 70.7 Å². The van der Waals surface area contributed by atoms with Crippen LogP contribution < -0.4 is 0 Å². The fourth-order valence-electron chi connectivity index (χ4n) is 2.70. The maximum atomic E-state index is 13.2. The van der Waals surface area contributed by atoms with Crippen LogP contribution in [0.5, 0.6) is 0 Å². The quantitative estimate of drug-likeness (QED) is 0.465. The van der Waals surface area contributed by atoms with E-state index in [1.807, 2.05) is 13.8 Å². The average molecular weight is 381 g/mol. The number of halogens is 4. The largest absolute Gasteiger partial charge is 0.465 e. The molecule has 0 spiro atoms. The number of hydrogen-bond acceptors (Lipinski definition) is 2. The highest BCUT2D eigenvalue weighted by Gasteiger charge is 2.33. The zero-order valence-electron chi connectivity index (χ0n) is 15.1. The fourth-order valence-corrected chi connectivity index (χ4v) is 2.70. The highest BCUT2D eigenvalue weighted by atomic mass is 19.4. The van der Waals surface area contributed by atoms with Gasteiger partial charge in [0.2, 0.25) is 0 Å². The number of carbonyl (C=O) groups is 1. The van der Waals surface area contributed by atoms with Crippen LogP contribution in [0.4, 0.5) is 17.6 Å². The molecule has 2 aromatic carbocycles. The number of aromatic amines is 1. The first-order valence-electron chi connectivity index (χ1n) is 8.33. The lowest BCUT2D eigenvalue weighted by molar-refractivity contribution is -0.138. The molecular formula is C20H19F4NO2. The molecule has 0 aliphatic heterocycles. The highest BCUT2D eigenvalue weighted by molar-refractivity contribution is 5.94. The lowest BCUT2D eigenvalue weighted by Crippen LogP contribution is -2.10.